The summed E-state index contributed by atoms with van der Waals surface area (Å²) >= 11 is 5.80. The van der Waals surface area contributed by atoms with Crippen LogP contribution in [0, 0.1) is 0 Å². The number of ether oxygens (including phenoxy) is 3. The number of carbonyl (C=O) groups excluding carboxylic acids is 2. The number of hydrogen-bond donors (Lipinski definition) is 1. The molecule has 0 aliphatic carbocycles. The van der Waals surface area contributed by atoms with E-state index >= 15 is 0 Å². The molecule has 176 valence electrons. The molecule has 0 aromatic heterocycles. The fourth-order valence-electron chi connectivity index (χ4n) is 2.70. The number of unbranched alkanes of at least 4 members (excludes halogenated alkanes) is 1. The van der Waals surface area contributed by atoms with Gasteiger partial charge in [0, 0.05) is 5.02 Å². The zero-order chi connectivity index (χ0) is 24.2. The third-order valence-corrected chi connectivity index (χ3v) is 4.79. The highest BCUT2D eigenvalue weighted by molar-refractivity contribution is 6.30. The van der Waals surface area contributed by atoms with Crippen molar-refractivity contribution >= 4 is 29.7 Å². The number of rotatable bonds is 11. The largest absolute Gasteiger partial charge is 0.494 e. The number of nitrogens with zero attached hydrogens (tertiary/aromatic N) is 1. The first kappa shape index (κ1) is 24.8. The smallest absolute Gasteiger partial charge is 0.343 e. The van der Waals surface area contributed by atoms with Crippen molar-refractivity contribution in [2.24, 2.45) is 5.10 Å². The molecule has 0 radical (unpaired) electrons. The lowest BCUT2D eigenvalue weighted by Crippen LogP contribution is -2.24. The van der Waals surface area contributed by atoms with Crippen molar-refractivity contribution in [1.82, 2.24) is 5.43 Å². The molecule has 7 nitrogen and oxygen atoms in total. The van der Waals surface area contributed by atoms with Crippen molar-refractivity contribution in [2.45, 2.75) is 19.8 Å². The number of benzene rings is 3. The minimum Gasteiger partial charge on any atom is -0.494 e. The maximum atomic E-state index is 12.3. The molecule has 3 aromatic carbocycles. The second-order valence-electron chi connectivity index (χ2n) is 7.22. The van der Waals surface area contributed by atoms with Gasteiger partial charge in [-0.3, -0.25) is 4.79 Å². The van der Waals surface area contributed by atoms with E-state index in [1.165, 1.54) is 6.21 Å². The molecule has 8 heteroatoms. The summed E-state index contributed by atoms with van der Waals surface area (Å²) in [4.78, 5) is 24.2. The lowest BCUT2D eigenvalue weighted by atomic mass is 10.2. The predicted molar refractivity (Wildman–Crippen MR) is 131 cm³/mol. The molecular weight excluding hydrogens is 456 g/mol. The lowest BCUT2D eigenvalue weighted by Gasteiger charge is -2.07. The molecule has 0 aliphatic rings. The molecule has 0 unspecified atom stereocenters. The molecule has 0 fully saturated rings. The molecule has 0 saturated heterocycles. The van der Waals surface area contributed by atoms with Crippen LogP contribution >= 0.6 is 11.6 Å². The Hall–Kier alpha value is -3.84. The molecule has 34 heavy (non-hydrogen) atoms. The number of esters is 1. The van der Waals surface area contributed by atoms with Gasteiger partial charge in [0.15, 0.2) is 6.61 Å². The van der Waals surface area contributed by atoms with Gasteiger partial charge in [-0.05, 0) is 84.8 Å². The molecule has 0 spiro atoms. The molecule has 1 N–H and O–H groups in total. The topological polar surface area (TPSA) is 86.2 Å². The van der Waals surface area contributed by atoms with E-state index < -0.39 is 11.9 Å². The van der Waals surface area contributed by atoms with Crippen LogP contribution in [0.2, 0.25) is 5.02 Å². The Morgan fingerprint density at radius 2 is 1.50 bits per heavy atom. The van der Waals surface area contributed by atoms with Crippen LogP contribution in [0.1, 0.15) is 35.7 Å². The summed E-state index contributed by atoms with van der Waals surface area (Å²) in [6.45, 7) is 2.57. The highest BCUT2D eigenvalue weighted by atomic mass is 35.5. The summed E-state index contributed by atoms with van der Waals surface area (Å²) in [5.74, 6) is 0.779. The highest BCUT2D eigenvalue weighted by Gasteiger charge is 2.09. The number of hydrogen-bond acceptors (Lipinski definition) is 6. The Labute approximate surface area is 203 Å². The van der Waals surface area contributed by atoms with Gasteiger partial charge in [0.1, 0.15) is 17.2 Å². The minimum absolute atomic E-state index is 0.181. The zero-order valence-electron chi connectivity index (χ0n) is 18.7. The van der Waals surface area contributed by atoms with E-state index in [1.807, 2.05) is 0 Å². The number of amides is 1. The van der Waals surface area contributed by atoms with Gasteiger partial charge in [-0.15, -0.1) is 0 Å². The maximum absolute atomic E-state index is 12.3. The molecule has 0 heterocycles. The summed E-state index contributed by atoms with van der Waals surface area (Å²) < 4.78 is 16.3. The summed E-state index contributed by atoms with van der Waals surface area (Å²) in [5.41, 5.74) is 3.53. The van der Waals surface area contributed by atoms with Crippen LogP contribution in [-0.4, -0.2) is 31.3 Å². The van der Waals surface area contributed by atoms with Gasteiger partial charge in [0.2, 0.25) is 0 Å². The zero-order valence-corrected chi connectivity index (χ0v) is 19.5. The quantitative estimate of drug-likeness (QED) is 0.133. The van der Waals surface area contributed by atoms with E-state index in [0.717, 1.165) is 18.6 Å². The first-order valence-electron chi connectivity index (χ1n) is 10.8. The Morgan fingerprint density at radius 1 is 0.882 bits per heavy atom. The van der Waals surface area contributed by atoms with Gasteiger partial charge in [-0.25, -0.2) is 10.2 Å². The van der Waals surface area contributed by atoms with Crippen LogP contribution in [0.4, 0.5) is 0 Å². The molecule has 0 aliphatic heterocycles. The average molecular weight is 481 g/mol. The van der Waals surface area contributed by atoms with E-state index in [1.54, 1.807) is 72.8 Å². The number of hydrazone groups is 1. The average Bonchev–Trinajstić information content (AvgIpc) is 2.85. The lowest BCUT2D eigenvalue weighted by molar-refractivity contribution is -0.123. The predicted octanol–water partition coefficient (Wildman–Crippen LogP) is 5.27. The van der Waals surface area contributed by atoms with Crippen LogP contribution in [0.25, 0.3) is 0 Å². The number of nitrogens with one attached hydrogen (secondary N) is 1. The van der Waals surface area contributed by atoms with Gasteiger partial charge in [-0.1, -0.05) is 24.9 Å². The normalized spacial score (nSPS) is 10.6. The van der Waals surface area contributed by atoms with Crippen molar-refractivity contribution in [1.29, 1.82) is 0 Å². The summed E-state index contributed by atoms with van der Waals surface area (Å²) in [6.07, 6.45) is 3.52. The van der Waals surface area contributed by atoms with Crippen molar-refractivity contribution in [3.63, 3.8) is 0 Å². The van der Waals surface area contributed by atoms with Crippen LogP contribution in [-0.2, 0) is 4.79 Å². The summed E-state index contributed by atoms with van der Waals surface area (Å²) in [6, 6.07) is 20.3. The first-order chi connectivity index (χ1) is 16.5. The van der Waals surface area contributed by atoms with Crippen LogP contribution in [0.3, 0.4) is 0 Å². The SMILES string of the molecule is CCCCOc1ccc(C(=O)Oc2ccc(/C=N/NC(=O)COc3ccc(Cl)cc3)cc2)cc1. The first-order valence-corrected chi connectivity index (χ1v) is 11.2. The van der Waals surface area contributed by atoms with E-state index in [0.29, 0.717) is 34.3 Å². The maximum Gasteiger partial charge on any atom is 0.343 e. The van der Waals surface area contributed by atoms with Crippen LogP contribution in [0.5, 0.6) is 17.2 Å². The molecule has 0 bridgehead atoms. The van der Waals surface area contributed by atoms with E-state index in [9.17, 15) is 9.59 Å². The standard InChI is InChI=1S/C26H25ClN2O5/c1-2-3-16-32-22-12-6-20(7-13-22)26(31)34-24-10-4-19(5-11-24)17-28-29-25(30)18-33-23-14-8-21(27)9-15-23/h4-15,17H,2-3,16,18H2,1H3,(H,29,30)/b28-17+. The second-order valence-corrected chi connectivity index (χ2v) is 7.66. The molecule has 3 aromatic rings. The monoisotopic (exact) mass is 480 g/mol. The van der Waals surface area contributed by atoms with Crippen molar-refractivity contribution < 1.29 is 23.8 Å². The van der Waals surface area contributed by atoms with Crippen LogP contribution < -0.4 is 19.6 Å². The Morgan fingerprint density at radius 3 is 2.18 bits per heavy atom. The third kappa shape index (κ3) is 8.26. The van der Waals surface area contributed by atoms with E-state index in [2.05, 4.69) is 17.5 Å². The van der Waals surface area contributed by atoms with Crippen molar-refractivity contribution in [2.75, 3.05) is 13.2 Å². The Bertz CT molecular complexity index is 1100. The fourth-order valence-corrected chi connectivity index (χ4v) is 2.83. The Balaban J connectivity index is 1.43. The number of carbonyl (C=O) groups is 2. The van der Waals surface area contributed by atoms with Crippen molar-refractivity contribution in [3.05, 3.63) is 88.9 Å². The fraction of sp³-hybridized carbons (Fsp3) is 0.192. The highest BCUT2D eigenvalue weighted by Crippen LogP contribution is 2.17. The van der Waals surface area contributed by atoms with Gasteiger partial charge >= 0.3 is 5.97 Å². The molecular formula is C26H25ClN2O5. The molecule has 0 saturated carbocycles. The third-order valence-electron chi connectivity index (χ3n) is 4.53. The molecule has 3 rings (SSSR count). The Kier molecular flexibility index (Phi) is 9.49. The van der Waals surface area contributed by atoms with Gasteiger partial charge in [-0.2, -0.15) is 5.10 Å². The minimum atomic E-state index is -0.463. The van der Waals surface area contributed by atoms with Gasteiger partial charge in [0.05, 0.1) is 18.4 Å². The summed E-state index contributed by atoms with van der Waals surface area (Å²) in [7, 11) is 0. The number of halogens is 1. The van der Waals surface area contributed by atoms with Crippen LogP contribution in [0.15, 0.2) is 77.9 Å². The van der Waals surface area contributed by atoms with E-state index in [-0.39, 0.29) is 6.61 Å². The van der Waals surface area contributed by atoms with Crippen molar-refractivity contribution in [3.8, 4) is 17.2 Å². The summed E-state index contributed by atoms with van der Waals surface area (Å²) in [5, 5.41) is 4.48. The van der Waals surface area contributed by atoms with Gasteiger partial charge < -0.3 is 14.2 Å². The van der Waals surface area contributed by atoms with E-state index in [4.69, 9.17) is 25.8 Å². The second kappa shape index (κ2) is 13.0. The molecule has 0 atom stereocenters. The van der Waals surface area contributed by atoms with Gasteiger partial charge in [0.25, 0.3) is 5.91 Å². The molecule has 1 amide bonds.